The highest BCUT2D eigenvalue weighted by molar-refractivity contribution is 6.20. The van der Waals surface area contributed by atoms with Gasteiger partial charge in [0.05, 0.1) is 12.2 Å². The van der Waals surface area contributed by atoms with Crippen LogP contribution in [0.25, 0.3) is 5.65 Å². The molecule has 0 bridgehead atoms. The summed E-state index contributed by atoms with van der Waals surface area (Å²) in [6, 6.07) is 5.69. The molecular weight excluding hydrogens is 278 g/mol. The third-order valence-corrected chi connectivity index (χ3v) is 3.70. The lowest BCUT2D eigenvalue weighted by Crippen LogP contribution is -2.31. The summed E-state index contributed by atoms with van der Waals surface area (Å²) in [6.07, 6.45) is 8.17. The molecule has 0 spiro atoms. The number of nitrogens with zero attached hydrogens (tertiary/aromatic N) is 3. The van der Waals surface area contributed by atoms with Gasteiger partial charge in [0.1, 0.15) is 5.65 Å². The van der Waals surface area contributed by atoms with Gasteiger partial charge < -0.3 is 4.40 Å². The van der Waals surface area contributed by atoms with Crippen LogP contribution >= 0.6 is 0 Å². The van der Waals surface area contributed by atoms with Gasteiger partial charge in [0.25, 0.3) is 11.8 Å². The molecule has 0 unspecified atom stereocenters. The summed E-state index contributed by atoms with van der Waals surface area (Å²) in [6.45, 7) is 3.88. The topological polar surface area (TPSA) is 54.7 Å². The maximum atomic E-state index is 12.4. The third kappa shape index (κ3) is 2.35. The molecule has 1 aliphatic heterocycles. The van der Waals surface area contributed by atoms with Crippen LogP contribution in [0.15, 0.2) is 53.9 Å². The summed E-state index contributed by atoms with van der Waals surface area (Å²) in [5, 5.41) is 0. The number of imidazole rings is 1. The van der Waals surface area contributed by atoms with Crippen molar-refractivity contribution in [3.63, 3.8) is 0 Å². The average molecular weight is 295 g/mol. The van der Waals surface area contributed by atoms with Crippen molar-refractivity contribution in [2.24, 2.45) is 0 Å². The minimum absolute atomic E-state index is 0.195. The van der Waals surface area contributed by atoms with Crippen molar-refractivity contribution in [3.05, 3.63) is 59.6 Å². The van der Waals surface area contributed by atoms with Gasteiger partial charge in [-0.25, -0.2) is 4.98 Å². The summed E-state index contributed by atoms with van der Waals surface area (Å²) < 4.78 is 1.87. The molecule has 0 fully saturated rings. The zero-order valence-corrected chi connectivity index (χ0v) is 12.6. The van der Waals surface area contributed by atoms with Gasteiger partial charge in [0.15, 0.2) is 0 Å². The van der Waals surface area contributed by atoms with Crippen molar-refractivity contribution in [3.8, 4) is 0 Å². The van der Waals surface area contributed by atoms with Crippen molar-refractivity contribution < 1.29 is 9.59 Å². The number of allylic oxidation sites excluding steroid dienone is 1. The number of aromatic nitrogens is 2. The Morgan fingerprint density at radius 2 is 2.05 bits per heavy atom. The normalized spacial score (nSPS) is 15.8. The molecule has 1 aliphatic rings. The first kappa shape index (κ1) is 14.3. The van der Waals surface area contributed by atoms with E-state index in [1.165, 1.54) is 4.90 Å². The first-order chi connectivity index (χ1) is 10.6. The number of hydrogen-bond acceptors (Lipinski definition) is 3. The molecular formula is C17H17N3O2. The van der Waals surface area contributed by atoms with Gasteiger partial charge in [0, 0.05) is 23.5 Å². The zero-order chi connectivity index (χ0) is 15.7. The lowest BCUT2D eigenvalue weighted by molar-refractivity contribution is -0.138. The number of carbonyl (C=O) groups is 2. The molecule has 3 heterocycles. The van der Waals surface area contributed by atoms with Gasteiger partial charge >= 0.3 is 0 Å². The van der Waals surface area contributed by atoms with Crippen LogP contribution in [0.2, 0.25) is 0 Å². The molecule has 2 aromatic rings. The van der Waals surface area contributed by atoms with Crippen molar-refractivity contribution in [2.45, 2.75) is 26.8 Å². The molecule has 0 aliphatic carbocycles. The van der Waals surface area contributed by atoms with Gasteiger partial charge in [-0.2, -0.15) is 0 Å². The fourth-order valence-electron chi connectivity index (χ4n) is 2.52. The lowest BCUT2D eigenvalue weighted by atomic mass is 10.1. The summed E-state index contributed by atoms with van der Waals surface area (Å²) >= 11 is 0. The Hall–Kier alpha value is -2.69. The van der Waals surface area contributed by atoms with E-state index in [1.807, 2.05) is 48.0 Å². The zero-order valence-electron chi connectivity index (χ0n) is 12.6. The molecule has 0 saturated heterocycles. The molecule has 5 heteroatoms. The predicted octanol–water partition coefficient (Wildman–Crippen LogP) is 2.49. The van der Waals surface area contributed by atoms with E-state index in [-0.39, 0.29) is 18.4 Å². The van der Waals surface area contributed by atoms with Gasteiger partial charge in [-0.15, -0.1) is 0 Å². The van der Waals surface area contributed by atoms with E-state index in [4.69, 9.17) is 0 Å². The Balaban J connectivity index is 1.86. The number of pyridine rings is 1. The molecule has 112 valence electrons. The predicted molar refractivity (Wildman–Crippen MR) is 82.9 cm³/mol. The van der Waals surface area contributed by atoms with Crippen LogP contribution in [0, 0.1) is 0 Å². The highest BCUT2D eigenvalue weighted by Crippen LogP contribution is 2.23. The molecule has 22 heavy (non-hydrogen) atoms. The number of fused-ring (bicyclic) bond motifs is 1. The third-order valence-electron chi connectivity index (χ3n) is 3.70. The first-order valence-electron chi connectivity index (χ1n) is 7.28. The van der Waals surface area contributed by atoms with Crippen LogP contribution in [0.1, 0.15) is 26.0 Å². The van der Waals surface area contributed by atoms with Gasteiger partial charge in [-0.1, -0.05) is 25.1 Å². The molecule has 0 N–H and O–H groups in total. The van der Waals surface area contributed by atoms with Crippen LogP contribution in [0.5, 0.6) is 0 Å². The monoisotopic (exact) mass is 295 g/mol. The largest absolute Gasteiger partial charge is 0.307 e. The van der Waals surface area contributed by atoms with Crippen LogP contribution in [-0.4, -0.2) is 26.1 Å². The second-order valence-electron chi connectivity index (χ2n) is 5.24. The number of hydrogen-bond donors (Lipinski definition) is 0. The quantitative estimate of drug-likeness (QED) is 0.814. The Morgan fingerprint density at radius 1 is 1.23 bits per heavy atom. The number of imide groups is 1. The fourth-order valence-corrected chi connectivity index (χ4v) is 2.52. The minimum Gasteiger partial charge on any atom is -0.307 e. The number of rotatable bonds is 4. The van der Waals surface area contributed by atoms with Gasteiger partial charge in [0.2, 0.25) is 0 Å². The Labute approximate surface area is 128 Å². The number of amides is 2. The first-order valence-corrected chi connectivity index (χ1v) is 7.28. The highest BCUT2D eigenvalue weighted by Gasteiger charge is 2.34. The van der Waals surface area contributed by atoms with Crippen molar-refractivity contribution in [1.29, 1.82) is 0 Å². The van der Waals surface area contributed by atoms with Gasteiger partial charge in [-0.3, -0.25) is 14.5 Å². The van der Waals surface area contributed by atoms with E-state index in [0.29, 0.717) is 16.8 Å². The van der Waals surface area contributed by atoms with E-state index in [9.17, 15) is 9.59 Å². The second-order valence-corrected chi connectivity index (χ2v) is 5.24. The molecule has 0 saturated carbocycles. The Morgan fingerprint density at radius 3 is 2.77 bits per heavy atom. The summed E-state index contributed by atoms with van der Waals surface area (Å²) in [5.74, 6) is -0.484. The minimum atomic E-state index is -0.246. The van der Waals surface area contributed by atoms with E-state index in [0.717, 1.165) is 12.1 Å². The van der Waals surface area contributed by atoms with Crippen LogP contribution in [-0.2, 0) is 16.1 Å². The Bertz CT molecular complexity index is 781. The van der Waals surface area contributed by atoms with Crippen molar-refractivity contribution >= 4 is 17.5 Å². The molecule has 3 rings (SSSR count). The van der Waals surface area contributed by atoms with E-state index >= 15 is 0 Å². The standard InChI is InChI=1S/C17H17N3O2/c1-3-4-7-14-12(2)16(21)20(17(14)22)11-13-10-19-9-6-5-8-15(19)18-13/h4-10H,3,11H2,1-2H3/b7-4-. The maximum absolute atomic E-state index is 12.4. The smallest absolute Gasteiger partial charge is 0.261 e. The highest BCUT2D eigenvalue weighted by atomic mass is 16.2. The van der Waals surface area contributed by atoms with Crippen LogP contribution in [0.3, 0.4) is 0 Å². The second kappa shape index (κ2) is 5.60. The molecule has 0 radical (unpaired) electrons. The van der Waals surface area contributed by atoms with E-state index in [1.54, 1.807) is 13.0 Å². The summed E-state index contributed by atoms with van der Waals surface area (Å²) in [5.41, 5.74) is 2.47. The number of carbonyl (C=O) groups excluding carboxylic acids is 2. The Kier molecular flexibility index (Phi) is 3.63. The molecule has 2 amide bonds. The molecule has 0 aromatic carbocycles. The van der Waals surface area contributed by atoms with Crippen molar-refractivity contribution in [2.75, 3.05) is 0 Å². The SMILES string of the molecule is CC/C=C\C1=C(C)C(=O)N(Cc2cn3ccccc3n2)C1=O. The summed E-state index contributed by atoms with van der Waals surface area (Å²) in [7, 11) is 0. The maximum Gasteiger partial charge on any atom is 0.261 e. The molecule has 2 aromatic heterocycles. The van der Waals surface area contributed by atoms with Crippen molar-refractivity contribution in [1.82, 2.24) is 14.3 Å². The lowest BCUT2D eigenvalue weighted by Gasteiger charge is -2.12. The fraction of sp³-hybridized carbons (Fsp3) is 0.235. The molecule has 5 nitrogen and oxygen atoms in total. The van der Waals surface area contributed by atoms with Crippen LogP contribution < -0.4 is 0 Å². The molecule has 0 atom stereocenters. The van der Waals surface area contributed by atoms with E-state index < -0.39 is 0 Å². The van der Waals surface area contributed by atoms with E-state index in [2.05, 4.69) is 4.98 Å². The summed E-state index contributed by atoms with van der Waals surface area (Å²) in [4.78, 5) is 30.4. The van der Waals surface area contributed by atoms with Crippen LogP contribution in [0.4, 0.5) is 0 Å². The average Bonchev–Trinajstić information content (AvgIpc) is 3.01. The van der Waals surface area contributed by atoms with Gasteiger partial charge in [-0.05, 0) is 25.5 Å².